The van der Waals surface area contributed by atoms with Crippen LogP contribution in [0.3, 0.4) is 0 Å². The van der Waals surface area contributed by atoms with E-state index in [1.807, 2.05) is 0 Å². The molecule has 0 radical (unpaired) electrons. The van der Waals surface area contributed by atoms with Gasteiger partial charge in [-0.3, -0.25) is 4.79 Å². The lowest BCUT2D eigenvalue weighted by Gasteiger charge is -2.38. The third kappa shape index (κ3) is 3.13. The van der Waals surface area contributed by atoms with E-state index < -0.39 is 29.4 Å². The first-order valence-electron chi connectivity index (χ1n) is 6.23. The van der Waals surface area contributed by atoms with E-state index >= 15 is 0 Å². The van der Waals surface area contributed by atoms with Gasteiger partial charge in [-0.2, -0.15) is 0 Å². The summed E-state index contributed by atoms with van der Waals surface area (Å²) >= 11 is 0. The number of carbonyl (C=O) groups excluding carboxylic acids is 2. The lowest BCUT2D eigenvalue weighted by molar-refractivity contribution is -0.194. The van der Waals surface area contributed by atoms with Crippen LogP contribution in [0.2, 0.25) is 0 Å². The molecule has 19 heavy (non-hydrogen) atoms. The molecule has 0 heterocycles. The van der Waals surface area contributed by atoms with E-state index in [1.165, 1.54) is 0 Å². The summed E-state index contributed by atoms with van der Waals surface area (Å²) in [5.74, 6) is -3.77. The molecule has 2 atom stereocenters. The molecule has 0 aromatic rings. The summed E-state index contributed by atoms with van der Waals surface area (Å²) in [6, 6.07) is 0. The number of esters is 2. The number of carboxylic acids is 1. The van der Waals surface area contributed by atoms with Gasteiger partial charge in [0.25, 0.3) is 0 Å². The minimum Gasteiger partial charge on any atom is -0.478 e. The van der Waals surface area contributed by atoms with Crippen molar-refractivity contribution in [1.82, 2.24) is 0 Å². The maximum absolute atomic E-state index is 11.9. The van der Waals surface area contributed by atoms with Gasteiger partial charge in [0.05, 0.1) is 6.61 Å². The van der Waals surface area contributed by atoms with Crippen molar-refractivity contribution in [1.29, 1.82) is 0 Å². The maximum atomic E-state index is 11.9. The fourth-order valence-corrected chi connectivity index (χ4v) is 2.34. The van der Waals surface area contributed by atoms with Crippen LogP contribution >= 0.6 is 0 Å². The van der Waals surface area contributed by atoms with Crippen molar-refractivity contribution in [3.8, 4) is 0 Å². The highest BCUT2D eigenvalue weighted by molar-refractivity contribution is 5.91. The van der Waals surface area contributed by atoms with Crippen LogP contribution in [-0.2, 0) is 23.9 Å². The van der Waals surface area contributed by atoms with E-state index in [1.54, 1.807) is 6.92 Å². The van der Waals surface area contributed by atoms with Crippen LogP contribution in [0.4, 0.5) is 0 Å². The van der Waals surface area contributed by atoms with E-state index in [4.69, 9.17) is 9.47 Å². The first kappa shape index (κ1) is 15.2. The number of carbonyl (C=O) groups is 3. The summed E-state index contributed by atoms with van der Waals surface area (Å²) in [5, 5.41) is 9.40. The number of ether oxygens (including phenoxy) is 2. The molecule has 1 saturated carbocycles. The second-order valence-electron chi connectivity index (χ2n) is 4.37. The number of aliphatic carboxylic acids is 1. The van der Waals surface area contributed by atoms with Gasteiger partial charge in [0.1, 0.15) is 5.92 Å². The molecule has 0 spiro atoms. The zero-order valence-electron chi connectivity index (χ0n) is 10.9. The first-order valence-corrected chi connectivity index (χ1v) is 6.23. The summed E-state index contributed by atoms with van der Waals surface area (Å²) in [6.45, 7) is 5.03. The molecule has 0 amide bonds. The maximum Gasteiger partial charge on any atom is 0.349 e. The first-order chi connectivity index (χ1) is 8.97. The molecule has 1 N–H and O–H groups in total. The lowest BCUT2D eigenvalue weighted by Crippen LogP contribution is -2.54. The van der Waals surface area contributed by atoms with E-state index in [0.717, 1.165) is 6.08 Å². The Balaban J connectivity index is 3.07. The van der Waals surface area contributed by atoms with Gasteiger partial charge in [-0.05, 0) is 26.2 Å². The molecular weight excluding hydrogens is 252 g/mol. The SMILES string of the molecule is C=CC(=O)OC1(C(=O)O)CCCCC1C(=O)OCC. The number of carboxylic acid groups (broad SMARTS) is 1. The highest BCUT2D eigenvalue weighted by atomic mass is 16.6. The van der Waals surface area contributed by atoms with Crippen LogP contribution in [0.1, 0.15) is 32.6 Å². The summed E-state index contributed by atoms with van der Waals surface area (Å²) in [4.78, 5) is 34.8. The second kappa shape index (κ2) is 6.36. The average Bonchev–Trinajstić information content (AvgIpc) is 2.39. The largest absolute Gasteiger partial charge is 0.478 e. The molecule has 6 nitrogen and oxygen atoms in total. The molecule has 0 aromatic carbocycles. The molecule has 1 rings (SSSR count). The summed E-state index contributed by atoms with van der Waals surface area (Å²) in [7, 11) is 0. The fraction of sp³-hybridized carbons (Fsp3) is 0.615. The standard InChI is InChI=1S/C13H18O6/c1-3-10(14)19-13(12(16)17)8-6-5-7-9(13)11(15)18-4-2/h3,9H,1,4-8H2,2H3,(H,16,17). The fourth-order valence-electron chi connectivity index (χ4n) is 2.34. The number of hydrogen-bond acceptors (Lipinski definition) is 5. The third-order valence-corrected chi connectivity index (χ3v) is 3.24. The summed E-state index contributed by atoms with van der Waals surface area (Å²) < 4.78 is 9.89. The Bertz CT molecular complexity index is 389. The highest BCUT2D eigenvalue weighted by Gasteiger charge is 2.54. The van der Waals surface area contributed by atoms with Crippen LogP contribution < -0.4 is 0 Å². The highest BCUT2D eigenvalue weighted by Crippen LogP contribution is 2.38. The van der Waals surface area contributed by atoms with Crippen LogP contribution in [0.15, 0.2) is 12.7 Å². The van der Waals surface area contributed by atoms with E-state index in [-0.39, 0.29) is 13.0 Å². The predicted octanol–water partition coefficient (Wildman–Crippen LogP) is 1.29. The third-order valence-electron chi connectivity index (χ3n) is 3.24. The van der Waals surface area contributed by atoms with Crippen molar-refractivity contribution in [2.24, 2.45) is 5.92 Å². The normalized spacial score (nSPS) is 26.3. The van der Waals surface area contributed by atoms with Crippen molar-refractivity contribution in [2.75, 3.05) is 6.61 Å². The second-order valence-corrected chi connectivity index (χ2v) is 4.37. The minimum atomic E-state index is -1.84. The monoisotopic (exact) mass is 270 g/mol. The molecule has 1 fully saturated rings. The van der Waals surface area contributed by atoms with Gasteiger partial charge < -0.3 is 14.6 Å². The van der Waals surface area contributed by atoms with Crippen molar-refractivity contribution < 1.29 is 29.0 Å². The van der Waals surface area contributed by atoms with Gasteiger partial charge in [-0.15, -0.1) is 0 Å². The zero-order chi connectivity index (χ0) is 14.5. The molecule has 1 aliphatic rings. The van der Waals surface area contributed by atoms with Crippen molar-refractivity contribution in [3.63, 3.8) is 0 Å². The van der Waals surface area contributed by atoms with Gasteiger partial charge in [0, 0.05) is 6.08 Å². The average molecular weight is 270 g/mol. The smallest absolute Gasteiger partial charge is 0.349 e. The van der Waals surface area contributed by atoms with E-state index in [2.05, 4.69) is 6.58 Å². The molecular formula is C13H18O6. The van der Waals surface area contributed by atoms with Crippen molar-refractivity contribution in [3.05, 3.63) is 12.7 Å². The van der Waals surface area contributed by atoms with E-state index in [0.29, 0.717) is 19.3 Å². The Kier molecular flexibility index (Phi) is 5.09. The quantitative estimate of drug-likeness (QED) is 0.598. The van der Waals surface area contributed by atoms with Crippen molar-refractivity contribution >= 4 is 17.9 Å². The lowest BCUT2D eigenvalue weighted by atomic mass is 9.75. The van der Waals surface area contributed by atoms with Gasteiger partial charge in [0.2, 0.25) is 5.60 Å². The molecule has 0 bridgehead atoms. The Morgan fingerprint density at radius 2 is 2.11 bits per heavy atom. The molecule has 1 aliphatic carbocycles. The van der Waals surface area contributed by atoms with Gasteiger partial charge in [-0.25, -0.2) is 9.59 Å². The van der Waals surface area contributed by atoms with Crippen LogP contribution in [-0.4, -0.2) is 35.2 Å². The Morgan fingerprint density at radius 1 is 1.42 bits per heavy atom. The van der Waals surface area contributed by atoms with Crippen LogP contribution in [0, 0.1) is 5.92 Å². The summed E-state index contributed by atoms with van der Waals surface area (Å²) in [6.07, 6.45) is 2.60. The van der Waals surface area contributed by atoms with Crippen LogP contribution in [0.5, 0.6) is 0 Å². The van der Waals surface area contributed by atoms with Gasteiger partial charge in [-0.1, -0.05) is 13.0 Å². The number of hydrogen-bond donors (Lipinski definition) is 1. The molecule has 6 heteroatoms. The molecule has 0 aliphatic heterocycles. The Morgan fingerprint density at radius 3 is 2.63 bits per heavy atom. The number of rotatable bonds is 5. The molecule has 2 unspecified atom stereocenters. The van der Waals surface area contributed by atoms with Crippen molar-refractivity contribution in [2.45, 2.75) is 38.2 Å². The van der Waals surface area contributed by atoms with Gasteiger partial charge >= 0.3 is 17.9 Å². The summed E-state index contributed by atoms with van der Waals surface area (Å²) in [5.41, 5.74) is -1.84. The predicted molar refractivity (Wildman–Crippen MR) is 65.2 cm³/mol. The van der Waals surface area contributed by atoms with Crippen LogP contribution in [0.25, 0.3) is 0 Å². The molecule has 0 saturated heterocycles. The topological polar surface area (TPSA) is 89.9 Å². The minimum absolute atomic E-state index is 0.103. The Labute approximate surface area is 111 Å². The molecule has 106 valence electrons. The van der Waals surface area contributed by atoms with E-state index in [9.17, 15) is 19.5 Å². The molecule has 0 aromatic heterocycles. The van der Waals surface area contributed by atoms with Gasteiger partial charge in [0.15, 0.2) is 0 Å². The Hall–Kier alpha value is -1.85. The zero-order valence-corrected chi connectivity index (χ0v) is 10.9.